The van der Waals surface area contributed by atoms with Crippen molar-refractivity contribution in [1.82, 2.24) is 0 Å². The topological polar surface area (TPSA) is 43.4 Å². The van der Waals surface area contributed by atoms with Crippen LogP contribution in [0.1, 0.15) is 76.7 Å². The fourth-order valence-electron chi connectivity index (χ4n) is 5.18. The minimum absolute atomic E-state index is 0.184. The smallest absolute Gasteiger partial charge is 0.203 e. The third-order valence-corrected chi connectivity index (χ3v) is 12.6. The SMILES string of the molecule is CCCCCCCCCCCCc1ccc(S(=O)(=O)OS(c2ccccc2)(c2ccccc2)c2ccccc2)cc1. The molecule has 0 atom stereocenters. The van der Waals surface area contributed by atoms with Crippen LogP contribution < -0.4 is 0 Å². The maximum atomic E-state index is 13.9. The molecule has 41 heavy (non-hydrogen) atoms. The Labute approximate surface area is 249 Å². The minimum Gasteiger partial charge on any atom is -0.203 e. The molecule has 218 valence electrons. The van der Waals surface area contributed by atoms with Gasteiger partial charge < -0.3 is 0 Å². The van der Waals surface area contributed by atoms with E-state index < -0.39 is 20.4 Å². The first-order chi connectivity index (χ1) is 20.1. The summed E-state index contributed by atoms with van der Waals surface area (Å²) in [6.07, 6.45) is 14.0. The number of hydrogen-bond acceptors (Lipinski definition) is 3. The molecule has 0 amide bonds. The monoisotopic (exact) mass is 588 g/mol. The van der Waals surface area contributed by atoms with E-state index in [4.69, 9.17) is 3.63 Å². The van der Waals surface area contributed by atoms with Crippen LogP contribution in [-0.2, 0) is 20.2 Å². The zero-order chi connectivity index (χ0) is 28.8. The van der Waals surface area contributed by atoms with E-state index in [9.17, 15) is 8.42 Å². The Bertz CT molecular complexity index is 1290. The third-order valence-electron chi connectivity index (χ3n) is 7.45. The van der Waals surface area contributed by atoms with Gasteiger partial charge in [0, 0.05) is 14.7 Å². The van der Waals surface area contributed by atoms with Crippen LogP contribution in [0.4, 0.5) is 0 Å². The lowest BCUT2D eigenvalue weighted by Crippen LogP contribution is -2.14. The molecule has 3 nitrogen and oxygen atoms in total. The van der Waals surface area contributed by atoms with Crippen molar-refractivity contribution in [3.05, 3.63) is 121 Å². The van der Waals surface area contributed by atoms with Crippen molar-refractivity contribution in [2.75, 3.05) is 0 Å². The van der Waals surface area contributed by atoms with E-state index in [-0.39, 0.29) is 4.90 Å². The Hall–Kier alpha value is -2.86. The second-order valence-electron chi connectivity index (χ2n) is 10.6. The molecule has 0 spiro atoms. The van der Waals surface area contributed by atoms with Crippen molar-refractivity contribution in [2.24, 2.45) is 0 Å². The summed E-state index contributed by atoms with van der Waals surface area (Å²) in [5, 5.41) is 0. The second-order valence-corrected chi connectivity index (χ2v) is 15.0. The van der Waals surface area contributed by atoms with Gasteiger partial charge >= 0.3 is 10.1 Å². The van der Waals surface area contributed by atoms with Gasteiger partial charge in [-0.25, -0.2) is 3.63 Å². The largest absolute Gasteiger partial charge is 0.307 e. The van der Waals surface area contributed by atoms with Crippen LogP contribution >= 0.6 is 10.3 Å². The van der Waals surface area contributed by atoms with Crippen molar-refractivity contribution in [2.45, 2.75) is 97.1 Å². The highest BCUT2D eigenvalue weighted by Gasteiger charge is 2.38. The van der Waals surface area contributed by atoms with E-state index in [0.717, 1.165) is 33.1 Å². The van der Waals surface area contributed by atoms with Crippen molar-refractivity contribution in [1.29, 1.82) is 0 Å². The molecule has 0 saturated heterocycles. The average molecular weight is 589 g/mol. The van der Waals surface area contributed by atoms with Gasteiger partial charge in [0.2, 0.25) is 0 Å². The number of hydrogen-bond donors (Lipinski definition) is 0. The predicted molar refractivity (Wildman–Crippen MR) is 172 cm³/mol. The van der Waals surface area contributed by atoms with Crippen LogP contribution in [-0.4, -0.2) is 8.42 Å². The molecule has 0 aromatic heterocycles. The van der Waals surface area contributed by atoms with Crippen molar-refractivity contribution < 1.29 is 12.0 Å². The molecule has 4 rings (SSSR count). The van der Waals surface area contributed by atoms with Crippen molar-refractivity contribution in [3.63, 3.8) is 0 Å². The van der Waals surface area contributed by atoms with Crippen LogP contribution in [0.3, 0.4) is 0 Å². The zero-order valence-electron chi connectivity index (χ0n) is 24.3. The summed E-state index contributed by atoms with van der Waals surface area (Å²) in [5.74, 6) is 0. The lowest BCUT2D eigenvalue weighted by molar-refractivity contribution is 0.508. The van der Waals surface area contributed by atoms with Gasteiger partial charge in [0.15, 0.2) is 0 Å². The number of aryl methyl sites for hydroxylation is 1. The highest BCUT2D eigenvalue weighted by atomic mass is 32.3. The van der Waals surface area contributed by atoms with E-state index >= 15 is 0 Å². The summed E-state index contributed by atoms with van der Waals surface area (Å²) in [5.41, 5.74) is 1.16. The van der Waals surface area contributed by atoms with Crippen molar-refractivity contribution in [3.8, 4) is 0 Å². The molecule has 0 heterocycles. The van der Waals surface area contributed by atoms with E-state index in [2.05, 4.69) is 6.92 Å². The summed E-state index contributed by atoms with van der Waals surface area (Å²) in [7, 11) is -6.65. The maximum absolute atomic E-state index is 13.9. The molecule has 4 aromatic carbocycles. The molecular formula is C36H44O3S2. The van der Waals surface area contributed by atoms with Crippen LogP contribution in [0, 0.1) is 0 Å². The standard InChI is InChI=1S/C36H44O3S2/c1-2-3-4-5-6-7-8-9-10-14-21-32-28-30-36(31-29-32)41(37,38)39-40(33-22-15-11-16-23-33,34-24-17-12-18-25-34)35-26-19-13-20-27-35/h11-13,15-20,22-31H,2-10,14,21H2,1H3. The van der Waals surface area contributed by atoms with Gasteiger partial charge in [-0.15, -0.1) is 0 Å². The molecular weight excluding hydrogens is 545 g/mol. The van der Waals surface area contributed by atoms with Gasteiger partial charge in [-0.3, -0.25) is 0 Å². The first kappa shape index (κ1) is 31.1. The quantitative estimate of drug-likeness (QED) is 0.115. The van der Waals surface area contributed by atoms with Crippen LogP contribution in [0.2, 0.25) is 0 Å². The number of unbranched alkanes of at least 4 members (excludes halogenated alkanes) is 9. The van der Waals surface area contributed by atoms with E-state index in [1.807, 2.05) is 103 Å². The summed E-state index contributed by atoms with van der Waals surface area (Å²) < 4.78 is 34.3. The average Bonchev–Trinajstić information content (AvgIpc) is 3.02. The molecule has 0 N–H and O–H groups in total. The molecule has 0 bridgehead atoms. The number of benzene rings is 4. The first-order valence-electron chi connectivity index (χ1n) is 15.1. The summed E-state index contributed by atoms with van der Waals surface area (Å²) in [6.45, 7) is 2.26. The minimum atomic E-state index is -4.09. The van der Waals surface area contributed by atoms with E-state index in [0.29, 0.717) is 0 Å². The molecule has 0 saturated carbocycles. The first-order valence-corrected chi connectivity index (χ1v) is 18.1. The van der Waals surface area contributed by atoms with Crippen LogP contribution in [0.15, 0.2) is 135 Å². The second kappa shape index (κ2) is 16.0. The van der Waals surface area contributed by atoms with Gasteiger partial charge in [-0.05, 0) is 77.2 Å². The highest BCUT2D eigenvalue weighted by Crippen LogP contribution is 2.70. The molecule has 0 unspecified atom stereocenters. The molecule has 0 aliphatic rings. The molecule has 4 aromatic rings. The van der Waals surface area contributed by atoms with Crippen molar-refractivity contribution >= 4 is 20.4 Å². The Kier molecular flexibility index (Phi) is 12.1. The van der Waals surface area contributed by atoms with Gasteiger partial charge in [-0.1, -0.05) is 131 Å². The lowest BCUT2D eigenvalue weighted by Gasteiger charge is -2.39. The number of rotatable bonds is 17. The van der Waals surface area contributed by atoms with Gasteiger partial charge in [0.25, 0.3) is 0 Å². The third kappa shape index (κ3) is 8.57. The Morgan fingerprint density at radius 3 is 1.27 bits per heavy atom. The highest BCUT2D eigenvalue weighted by molar-refractivity contribution is 8.33. The fraction of sp³-hybridized carbons (Fsp3) is 0.333. The van der Waals surface area contributed by atoms with E-state index in [1.54, 1.807) is 12.1 Å². The summed E-state index contributed by atoms with van der Waals surface area (Å²) >= 11 is 0. The predicted octanol–water partition coefficient (Wildman–Crippen LogP) is 10.8. The molecule has 0 radical (unpaired) electrons. The van der Waals surface area contributed by atoms with Gasteiger partial charge in [-0.2, -0.15) is 8.42 Å². The summed E-state index contributed by atoms with van der Waals surface area (Å²) in [4.78, 5) is 2.68. The van der Waals surface area contributed by atoms with Gasteiger partial charge in [0.05, 0.1) is 4.90 Å². The summed E-state index contributed by atoms with van der Waals surface area (Å²) in [6, 6.07) is 36.4. The van der Waals surface area contributed by atoms with Crippen LogP contribution in [0.25, 0.3) is 0 Å². The normalized spacial score (nSPS) is 12.3. The molecule has 0 aliphatic heterocycles. The molecule has 0 fully saturated rings. The fourth-order valence-corrected chi connectivity index (χ4v) is 10.4. The Morgan fingerprint density at radius 2 is 0.854 bits per heavy atom. The zero-order valence-corrected chi connectivity index (χ0v) is 25.9. The molecule has 0 aliphatic carbocycles. The maximum Gasteiger partial charge on any atom is 0.307 e. The molecule has 5 heteroatoms. The van der Waals surface area contributed by atoms with Gasteiger partial charge in [0.1, 0.15) is 0 Å². The lowest BCUT2D eigenvalue weighted by atomic mass is 10.0. The Balaban J connectivity index is 1.47. The van der Waals surface area contributed by atoms with E-state index in [1.165, 1.54) is 57.8 Å². The Morgan fingerprint density at radius 1 is 0.463 bits per heavy atom. The van der Waals surface area contributed by atoms with Crippen LogP contribution in [0.5, 0.6) is 0 Å².